The summed E-state index contributed by atoms with van der Waals surface area (Å²) >= 11 is 3.44. The van der Waals surface area contributed by atoms with Crippen LogP contribution in [0.3, 0.4) is 0 Å². The molecule has 0 aliphatic heterocycles. The summed E-state index contributed by atoms with van der Waals surface area (Å²) in [6.07, 6.45) is 2.60. The Morgan fingerprint density at radius 2 is 1.85 bits per heavy atom. The molecule has 4 heteroatoms. The van der Waals surface area contributed by atoms with Crippen LogP contribution in [0.25, 0.3) is 11.0 Å². The second kappa shape index (κ2) is 5.79. The van der Waals surface area contributed by atoms with Crippen LogP contribution in [-0.4, -0.2) is 0 Å². The second-order valence-corrected chi connectivity index (χ2v) is 5.65. The molecule has 0 fully saturated rings. The summed E-state index contributed by atoms with van der Waals surface area (Å²) in [7, 11) is 0. The predicted molar refractivity (Wildman–Crippen MR) is 84.1 cm³/mol. The maximum Gasteiger partial charge on any atom is 0.134 e. The first-order valence-corrected chi connectivity index (χ1v) is 7.24. The number of furan rings is 1. The molecule has 0 bridgehead atoms. The maximum atomic E-state index is 5.73. The van der Waals surface area contributed by atoms with E-state index in [1.54, 1.807) is 6.26 Å². The van der Waals surface area contributed by atoms with Crippen molar-refractivity contribution in [3.63, 3.8) is 0 Å². The number of rotatable bonds is 4. The highest BCUT2D eigenvalue weighted by molar-refractivity contribution is 9.10. The lowest BCUT2D eigenvalue weighted by atomic mass is 9.99. The first-order chi connectivity index (χ1) is 9.78. The van der Waals surface area contributed by atoms with Gasteiger partial charge in [0.05, 0.1) is 12.3 Å². The standard InChI is InChI=1S/C16H15BrN2O/c17-12-7-5-11(6-8-12)9-15(19-18)14-10-20-16-4-2-1-3-13(14)16/h1-8,10,15,19H,9,18H2. The largest absolute Gasteiger partial charge is 0.464 e. The monoisotopic (exact) mass is 330 g/mol. The van der Waals surface area contributed by atoms with Crippen LogP contribution < -0.4 is 11.3 Å². The lowest BCUT2D eigenvalue weighted by Crippen LogP contribution is -2.29. The summed E-state index contributed by atoms with van der Waals surface area (Å²) in [5, 5.41) is 1.10. The normalized spacial score (nSPS) is 12.7. The molecular weight excluding hydrogens is 316 g/mol. The van der Waals surface area contributed by atoms with Gasteiger partial charge >= 0.3 is 0 Å². The summed E-state index contributed by atoms with van der Waals surface area (Å²) < 4.78 is 6.66. The van der Waals surface area contributed by atoms with Gasteiger partial charge in [0.1, 0.15) is 5.58 Å². The van der Waals surface area contributed by atoms with Crippen molar-refractivity contribution in [2.24, 2.45) is 5.84 Å². The smallest absolute Gasteiger partial charge is 0.134 e. The van der Waals surface area contributed by atoms with Gasteiger partial charge in [0, 0.05) is 15.4 Å². The van der Waals surface area contributed by atoms with E-state index in [9.17, 15) is 0 Å². The van der Waals surface area contributed by atoms with Crippen molar-refractivity contribution in [3.05, 3.63) is 70.4 Å². The molecule has 2 aromatic carbocycles. The Bertz CT molecular complexity index is 706. The van der Waals surface area contributed by atoms with E-state index in [1.165, 1.54) is 5.56 Å². The zero-order valence-electron chi connectivity index (χ0n) is 10.8. The molecule has 102 valence electrons. The van der Waals surface area contributed by atoms with Crippen LogP contribution >= 0.6 is 15.9 Å². The average Bonchev–Trinajstić information content (AvgIpc) is 2.91. The summed E-state index contributed by atoms with van der Waals surface area (Å²) in [6.45, 7) is 0. The van der Waals surface area contributed by atoms with E-state index in [0.717, 1.165) is 27.4 Å². The number of hydrogen-bond donors (Lipinski definition) is 2. The van der Waals surface area contributed by atoms with Crippen LogP contribution in [0.5, 0.6) is 0 Å². The van der Waals surface area contributed by atoms with Gasteiger partial charge in [-0.05, 0) is 30.2 Å². The van der Waals surface area contributed by atoms with Gasteiger partial charge in [-0.2, -0.15) is 0 Å². The molecule has 0 aliphatic carbocycles. The maximum absolute atomic E-state index is 5.73. The number of para-hydroxylation sites is 1. The van der Waals surface area contributed by atoms with Crippen molar-refractivity contribution >= 4 is 26.9 Å². The second-order valence-electron chi connectivity index (χ2n) is 4.74. The molecule has 3 rings (SSSR count). The number of fused-ring (bicyclic) bond motifs is 1. The molecule has 3 nitrogen and oxygen atoms in total. The van der Waals surface area contributed by atoms with Crippen LogP contribution in [-0.2, 0) is 6.42 Å². The van der Waals surface area contributed by atoms with Crippen LogP contribution in [0.1, 0.15) is 17.2 Å². The summed E-state index contributed by atoms with van der Waals surface area (Å²) in [5.74, 6) is 5.73. The molecule has 1 heterocycles. The number of hydrogen-bond acceptors (Lipinski definition) is 3. The minimum absolute atomic E-state index is 0.0276. The molecular formula is C16H15BrN2O. The fourth-order valence-electron chi connectivity index (χ4n) is 2.38. The molecule has 3 N–H and O–H groups in total. The predicted octanol–water partition coefficient (Wildman–Crippen LogP) is 3.94. The third kappa shape index (κ3) is 2.63. The summed E-state index contributed by atoms with van der Waals surface area (Å²) in [4.78, 5) is 0. The first-order valence-electron chi connectivity index (χ1n) is 6.44. The Morgan fingerprint density at radius 3 is 2.60 bits per heavy atom. The first kappa shape index (κ1) is 13.4. The van der Waals surface area contributed by atoms with Crippen molar-refractivity contribution in [1.82, 2.24) is 5.43 Å². The van der Waals surface area contributed by atoms with E-state index >= 15 is 0 Å². The Hall–Kier alpha value is -1.62. The Morgan fingerprint density at radius 1 is 1.10 bits per heavy atom. The van der Waals surface area contributed by atoms with Crippen molar-refractivity contribution in [1.29, 1.82) is 0 Å². The zero-order valence-corrected chi connectivity index (χ0v) is 12.4. The molecule has 0 amide bonds. The third-order valence-electron chi connectivity index (χ3n) is 3.44. The van der Waals surface area contributed by atoms with Crippen LogP contribution in [0.15, 0.2) is 63.7 Å². The van der Waals surface area contributed by atoms with E-state index in [1.807, 2.05) is 30.3 Å². The van der Waals surface area contributed by atoms with Gasteiger partial charge in [-0.1, -0.05) is 46.3 Å². The van der Waals surface area contributed by atoms with E-state index in [4.69, 9.17) is 10.3 Å². The van der Waals surface area contributed by atoms with Gasteiger partial charge < -0.3 is 4.42 Å². The van der Waals surface area contributed by atoms with Gasteiger partial charge in [-0.3, -0.25) is 11.3 Å². The molecule has 0 saturated carbocycles. The molecule has 1 atom stereocenters. The quantitative estimate of drug-likeness (QED) is 0.562. The topological polar surface area (TPSA) is 51.2 Å². The van der Waals surface area contributed by atoms with Crippen LogP contribution in [0, 0.1) is 0 Å². The van der Waals surface area contributed by atoms with Crippen molar-refractivity contribution < 1.29 is 4.42 Å². The highest BCUT2D eigenvalue weighted by atomic mass is 79.9. The number of nitrogens with one attached hydrogen (secondary N) is 1. The molecule has 0 saturated heterocycles. The molecule has 0 spiro atoms. The summed E-state index contributed by atoms with van der Waals surface area (Å²) in [6, 6.07) is 16.3. The van der Waals surface area contributed by atoms with Gasteiger partial charge in [0.15, 0.2) is 0 Å². The number of halogens is 1. The fourth-order valence-corrected chi connectivity index (χ4v) is 2.65. The minimum Gasteiger partial charge on any atom is -0.464 e. The molecule has 1 unspecified atom stereocenters. The van der Waals surface area contributed by atoms with Gasteiger partial charge in [-0.15, -0.1) is 0 Å². The zero-order chi connectivity index (χ0) is 13.9. The highest BCUT2D eigenvalue weighted by Crippen LogP contribution is 2.28. The van der Waals surface area contributed by atoms with E-state index in [-0.39, 0.29) is 6.04 Å². The van der Waals surface area contributed by atoms with E-state index in [2.05, 4.69) is 39.6 Å². The Balaban J connectivity index is 1.91. The average molecular weight is 331 g/mol. The van der Waals surface area contributed by atoms with Crippen molar-refractivity contribution in [2.75, 3.05) is 0 Å². The molecule has 0 radical (unpaired) electrons. The number of benzene rings is 2. The van der Waals surface area contributed by atoms with Crippen molar-refractivity contribution in [2.45, 2.75) is 12.5 Å². The fraction of sp³-hybridized carbons (Fsp3) is 0.125. The van der Waals surface area contributed by atoms with Gasteiger partial charge in [-0.25, -0.2) is 0 Å². The van der Waals surface area contributed by atoms with E-state index in [0.29, 0.717) is 0 Å². The lowest BCUT2D eigenvalue weighted by molar-refractivity contribution is 0.536. The van der Waals surface area contributed by atoms with Crippen molar-refractivity contribution in [3.8, 4) is 0 Å². The van der Waals surface area contributed by atoms with Gasteiger partial charge in [0.25, 0.3) is 0 Å². The summed E-state index contributed by atoms with van der Waals surface area (Å²) in [5.41, 5.74) is 6.09. The number of hydrazine groups is 1. The minimum atomic E-state index is 0.0276. The SMILES string of the molecule is NNC(Cc1ccc(Br)cc1)c1coc2ccccc12. The molecule has 20 heavy (non-hydrogen) atoms. The van der Waals surface area contributed by atoms with Gasteiger partial charge in [0.2, 0.25) is 0 Å². The lowest BCUT2D eigenvalue weighted by Gasteiger charge is -2.15. The Labute approximate surface area is 125 Å². The van der Waals surface area contributed by atoms with Crippen LogP contribution in [0.2, 0.25) is 0 Å². The highest BCUT2D eigenvalue weighted by Gasteiger charge is 2.16. The Kier molecular flexibility index (Phi) is 3.87. The van der Waals surface area contributed by atoms with Crippen LogP contribution in [0.4, 0.5) is 0 Å². The third-order valence-corrected chi connectivity index (χ3v) is 3.97. The number of nitrogens with two attached hydrogens (primary N) is 1. The van der Waals surface area contributed by atoms with E-state index < -0.39 is 0 Å². The molecule has 1 aromatic heterocycles. The molecule has 3 aromatic rings. The molecule has 0 aliphatic rings.